The Labute approximate surface area is 102 Å². The molecule has 2 heterocycles. The van der Waals surface area contributed by atoms with Crippen LogP contribution in [-0.2, 0) is 9.59 Å². The van der Waals surface area contributed by atoms with Crippen LogP contribution in [-0.4, -0.2) is 48.9 Å². The Morgan fingerprint density at radius 2 is 1.88 bits per heavy atom. The summed E-state index contributed by atoms with van der Waals surface area (Å²) in [4.78, 5) is 25.6. The van der Waals surface area contributed by atoms with Crippen LogP contribution >= 0.6 is 0 Å². The largest absolute Gasteiger partial charge is 0.344 e. The molecule has 0 bridgehead atoms. The van der Waals surface area contributed by atoms with Crippen LogP contribution in [0, 0.1) is 5.92 Å². The molecule has 5 heteroatoms. The van der Waals surface area contributed by atoms with E-state index in [0.717, 1.165) is 39.0 Å². The number of amides is 2. The average molecular weight is 239 g/mol. The van der Waals surface area contributed by atoms with Crippen molar-refractivity contribution < 1.29 is 9.59 Å². The number of likely N-dealkylation sites (tertiary alicyclic amines) is 1. The van der Waals surface area contributed by atoms with Crippen molar-refractivity contribution in [2.75, 3.05) is 26.2 Å². The molecule has 0 aromatic rings. The molecule has 2 fully saturated rings. The summed E-state index contributed by atoms with van der Waals surface area (Å²) in [5.74, 6) is 0.110. The van der Waals surface area contributed by atoms with Gasteiger partial charge in [-0.2, -0.15) is 0 Å². The molecular formula is C12H21N3O2. The smallest absolute Gasteiger partial charge is 0.244 e. The quantitative estimate of drug-likeness (QED) is 0.712. The summed E-state index contributed by atoms with van der Waals surface area (Å²) in [6.45, 7) is 4.92. The first kappa shape index (κ1) is 12.4. The molecule has 2 aliphatic heterocycles. The zero-order valence-corrected chi connectivity index (χ0v) is 10.4. The van der Waals surface area contributed by atoms with E-state index in [-0.39, 0.29) is 23.8 Å². The van der Waals surface area contributed by atoms with Crippen LogP contribution in [0.1, 0.15) is 26.2 Å². The van der Waals surface area contributed by atoms with Gasteiger partial charge in [0.2, 0.25) is 11.8 Å². The second kappa shape index (κ2) is 5.49. The van der Waals surface area contributed by atoms with E-state index < -0.39 is 0 Å². The van der Waals surface area contributed by atoms with Crippen LogP contribution in [0.3, 0.4) is 0 Å². The highest BCUT2D eigenvalue weighted by Gasteiger charge is 2.29. The highest BCUT2D eigenvalue weighted by atomic mass is 16.2. The predicted octanol–water partition coefficient (Wildman–Crippen LogP) is -0.277. The van der Waals surface area contributed by atoms with Gasteiger partial charge >= 0.3 is 0 Å². The third-order valence-electron chi connectivity index (χ3n) is 3.55. The van der Waals surface area contributed by atoms with Gasteiger partial charge < -0.3 is 15.5 Å². The second-order valence-corrected chi connectivity index (χ2v) is 4.97. The lowest BCUT2D eigenvalue weighted by molar-refractivity contribution is -0.138. The van der Waals surface area contributed by atoms with E-state index in [4.69, 9.17) is 0 Å². The van der Waals surface area contributed by atoms with Crippen LogP contribution in [0.25, 0.3) is 0 Å². The molecule has 2 N–H and O–H groups in total. The first-order valence-electron chi connectivity index (χ1n) is 6.48. The SMILES string of the molecule is CC(NC(=O)C1CNC1)C(=O)N1CCCCC1. The van der Waals surface area contributed by atoms with Crippen molar-refractivity contribution in [2.45, 2.75) is 32.2 Å². The van der Waals surface area contributed by atoms with Crippen molar-refractivity contribution in [1.82, 2.24) is 15.5 Å². The summed E-state index contributed by atoms with van der Waals surface area (Å²) in [5, 5.41) is 5.86. The van der Waals surface area contributed by atoms with E-state index >= 15 is 0 Å². The molecule has 0 saturated carbocycles. The Balaban J connectivity index is 1.79. The maximum atomic E-state index is 12.1. The van der Waals surface area contributed by atoms with Gasteiger partial charge in [0, 0.05) is 26.2 Å². The summed E-state index contributed by atoms with van der Waals surface area (Å²) >= 11 is 0. The number of hydrogen-bond acceptors (Lipinski definition) is 3. The normalized spacial score (nSPS) is 22.8. The molecule has 2 aliphatic rings. The zero-order chi connectivity index (χ0) is 12.3. The highest BCUT2D eigenvalue weighted by Crippen LogP contribution is 2.10. The molecule has 0 radical (unpaired) electrons. The molecule has 17 heavy (non-hydrogen) atoms. The monoisotopic (exact) mass is 239 g/mol. The molecule has 5 nitrogen and oxygen atoms in total. The van der Waals surface area contributed by atoms with E-state index in [9.17, 15) is 9.59 Å². The number of carbonyl (C=O) groups is 2. The molecule has 0 spiro atoms. The standard InChI is InChI=1S/C12H21N3O2/c1-9(14-11(16)10-7-13-8-10)12(17)15-5-3-2-4-6-15/h9-10,13H,2-8H2,1H3,(H,14,16). The third kappa shape index (κ3) is 2.97. The molecule has 0 aromatic carbocycles. The van der Waals surface area contributed by atoms with Crippen molar-refractivity contribution >= 4 is 11.8 Å². The summed E-state index contributed by atoms with van der Waals surface area (Å²) in [7, 11) is 0. The first-order valence-corrected chi connectivity index (χ1v) is 6.48. The molecular weight excluding hydrogens is 218 g/mol. The topological polar surface area (TPSA) is 61.4 Å². The minimum Gasteiger partial charge on any atom is -0.344 e. The van der Waals surface area contributed by atoms with Gasteiger partial charge in [0.1, 0.15) is 6.04 Å². The van der Waals surface area contributed by atoms with Crippen molar-refractivity contribution in [3.05, 3.63) is 0 Å². The van der Waals surface area contributed by atoms with E-state index in [1.807, 2.05) is 4.90 Å². The van der Waals surface area contributed by atoms with Gasteiger partial charge in [-0.05, 0) is 26.2 Å². The van der Waals surface area contributed by atoms with Crippen molar-refractivity contribution in [1.29, 1.82) is 0 Å². The Morgan fingerprint density at radius 1 is 1.24 bits per heavy atom. The van der Waals surface area contributed by atoms with Gasteiger partial charge in [-0.15, -0.1) is 0 Å². The summed E-state index contributed by atoms with van der Waals surface area (Å²) < 4.78 is 0. The molecule has 0 aromatic heterocycles. The highest BCUT2D eigenvalue weighted by molar-refractivity contribution is 5.88. The Kier molecular flexibility index (Phi) is 3.99. The van der Waals surface area contributed by atoms with Crippen LogP contribution in [0.4, 0.5) is 0 Å². The average Bonchev–Trinajstić information content (AvgIpc) is 2.26. The van der Waals surface area contributed by atoms with Crippen LogP contribution in [0.2, 0.25) is 0 Å². The predicted molar refractivity (Wildman–Crippen MR) is 64.4 cm³/mol. The number of hydrogen-bond donors (Lipinski definition) is 2. The Bertz CT molecular complexity index is 296. The lowest BCUT2D eigenvalue weighted by Gasteiger charge is -2.31. The van der Waals surface area contributed by atoms with Gasteiger partial charge in [-0.25, -0.2) is 0 Å². The number of piperidine rings is 1. The first-order chi connectivity index (χ1) is 8.18. The van der Waals surface area contributed by atoms with Crippen molar-refractivity contribution in [3.8, 4) is 0 Å². The van der Waals surface area contributed by atoms with Crippen LogP contribution in [0.5, 0.6) is 0 Å². The maximum absolute atomic E-state index is 12.1. The van der Waals surface area contributed by atoms with E-state index in [2.05, 4.69) is 10.6 Å². The summed E-state index contributed by atoms with van der Waals surface area (Å²) in [6, 6.07) is -0.388. The molecule has 0 aliphatic carbocycles. The molecule has 1 atom stereocenters. The summed E-state index contributed by atoms with van der Waals surface area (Å²) in [6.07, 6.45) is 3.37. The fraction of sp³-hybridized carbons (Fsp3) is 0.833. The second-order valence-electron chi connectivity index (χ2n) is 4.97. The van der Waals surface area contributed by atoms with Gasteiger partial charge in [0.15, 0.2) is 0 Å². The van der Waals surface area contributed by atoms with Gasteiger partial charge in [0.05, 0.1) is 5.92 Å². The van der Waals surface area contributed by atoms with Crippen molar-refractivity contribution in [2.24, 2.45) is 5.92 Å². The lowest BCUT2D eigenvalue weighted by Crippen LogP contribution is -2.55. The Hall–Kier alpha value is -1.10. The molecule has 2 amide bonds. The number of nitrogens with one attached hydrogen (secondary N) is 2. The summed E-state index contributed by atoms with van der Waals surface area (Å²) in [5.41, 5.74) is 0. The number of carbonyl (C=O) groups excluding carboxylic acids is 2. The van der Waals surface area contributed by atoms with Crippen LogP contribution in [0.15, 0.2) is 0 Å². The minimum atomic E-state index is -0.388. The molecule has 1 unspecified atom stereocenters. The van der Waals surface area contributed by atoms with E-state index in [1.54, 1.807) is 6.92 Å². The number of rotatable bonds is 3. The van der Waals surface area contributed by atoms with E-state index in [0.29, 0.717) is 0 Å². The van der Waals surface area contributed by atoms with Gasteiger partial charge in [0.25, 0.3) is 0 Å². The third-order valence-corrected chi connectivity index (χ3v) is 3.55. The fourth-order valence-electron chi connectivity index (χ4n) is 2.26. The fourth-order valence-corrected chi connectivity index (χ4v) is 2.26. The van der Waals surface area contributed by atoms with E-state index in [1.165, 1.54) is 6.42 Å². The van der Waals surface area contributed by atoms with Crippen LogP contribution < -0.4 is 10.6 Å². The minimum absolute atomic E-state index is 0.00149. The molecule has 96 valence electrons. The van der Waals surface area contributed by atoms with Crippen molar-refractivity contribution in [3.63, 3.8) is 0 Å². The zero-order valence-electron chi connectivity index (χ0n) is 10.4. The molecule has 2 rings (SSSR count). The Morgan fingerprint density at radius 3 is 2.41 bits per heavy atom. The number of nitrogens with zero attached hydrogens (tertiary/aromatic N) is 1. The van der Waals surface area contributed by atoms with Gasteiger partial charge in [-0.1, -0.05) is 0 Å². The lowest BCUT2D eigenvalue weighted by atomic mass is 10.0. The van der Waals surface area contributed by atoms with Gasteiger partial charge in [-0.3, -0.25) is 9.59 Å². The maximum Gasteiger partial charge on any atom is 0.244 e. The molecule has 2 saturated heterocycles.